The molecule has 0 aliphatic rings. The molecule has 0 spiro atoms. The van der Waals surface area contributed by atoms with E-state index in [-0.39, 0.29) is 15.6 Å². The largest absolute Gasteiger partial charge is 0.301 e. The van der Waals surface area contributed by atoms with E-state index >= 15 is 0 Å². The number of benzene rings is 2. The molecule has 0 amide bonds. The quantitative estimate of drug-likeness (QED) is 0.489. The molecule has 0 saturated carbocycles. The third-order valence-corrected chi connectivity index (χ3v) is 5.97. The second-order valence-electron chi connectivity index (χ2n) is 5.63. The Hall–Kier alpha value is -2.91. The van der Waals surface area contributed by atoms with Gasteiger partial charge in [-0.2, -0.15) is 0 Å². The molecular formula is C18H15N3O4S2. The van der Waals surface area contributed by atoms with E-state index in [0.29, 0.717) is 10.6 Å². The van der Waals surface area contributed by atoms with Gasteiger partial charge in [0, 0.05) is 22.8 Å². The molecule has 9 heteroatoms. The fourth-order valence-electron chi connectivity index (χ4n) is 2.27. The Morgan fingerprint density at radius 3 is 2.52 bits per heavy atom. The van der Waals surface area contributed by atoms with Crippen LogP contribution in [0.2, 0.25) is 0 Å². The molecule has 0 aliphatic carbocycles. The Kier molecular flexibility index (Phi) is 5.43. The molecule has 0 bridgehead atoms. The summed E-state index contributed by atoms with van der Waals surface area (Å²) >= 11 is 1.09. The molecule has 27 heavy (non-hydrogen) atoms. The molecule has 7 nitrogen and oxygen atoms in total. The summed E-state index contributed by atoms with van der Waals surface area (Å²) in [4.78, 5) is 15.4. The molecule has 0 atom stereocenters. The van der Waals surface area contributed by atoms with Crippen LogP contribution in [0.5, 0.6) is 0 Å². The molecule has 3 rings (SSSR count). The van der Waals surface area contributed by atoms with Crippen molar-refractivity contribution >= 4 is 33.2 Å². The summed E-state index contributed by atoms with van der Waals surface area (Å²) in [7, 11) is -3.72. The molecule has 0 aliphatic heterocycles. The zero-order valence-corrected chi connectivity index (χ0v) is 15.8. The standard InChI is InChI=1S/C18H15N3O4S2/c1-13-7-9-16(10-8-13)27(24,25)20-14-4-2-5-15(12-14)26-18-17(21(22)23)6-3-11-19-18/h2-12,20H,1H3. The van der Waals surface area contributed by atoms with Crippen LogP contribution in [0.25, 0.3) is 0 Å². The molecule has 3 aromatic rings. The SMILES string of the molecule is Cc1ccc(S(=O)(=O)Nc2cccc(Sc3ncccc3[N+](=O)[O-])c2)cc1. The van der Waals surface area contributed by atoms with Gasteiger partial charge in [0.05, 0.1) is 9.82 Å². The topological polar surface area (TPSA) is 102 Å². The van der Waals surface area contributed by atoms with E-state index < -0.39 is 14.9 Å². The third-order valence-electron chi connectivity index (χ3n) is 3.58. The van der Waals surface area contributed by atoms with E-state index in [9.17, 15) is 18.5 Å². The molecule has 0 radical (unpaired) electrons. The average Bonchev–Trinajstić information content (AvgIpc) is 2.62. The van der Waals surface area contributed by atoms with E-state index in [1.807, 2.05) is 6.92 Å². The van der Waals surface area contributed by atoms with E-state index in [0.717, 1.165) is 17.3 Å². The minimum Gasteiger partial charge on any atom is -0.280 e. The number of nitrogens with zero attached hydrogens (tertiary/aromatic N) is 2. The molecule has 138 valence electrons. The average molecular weight is 401 g/mol. The molecule has 0 unspecified atom stereocenters. The highest BCUT2D eigenvalue weighted by Gasteiger charge is 2.17. The lowest BCUT2D eigenvalue weighted by Crippen LogP contribution is -2.12. The summed E-state index contributed by atoms with van der Waals surface area (Å²) < 4.78 is 27.5. The summed E-state index contributed by atoms with van der Waals surface area (Å²) in [6, 6.07) is 16.0. The number of nitro groups is 1. The Labute approximate surface area is 160 Å². The van der Waals surface area contributed by atoms with Gasteiger partial charge in [-0.05, 0) is 43.3 Å². The highest BCUT2D eigenvalue weighted by Crippen LogP contribution is 2.34. The van der Waals surface area contributed by atoms with Crippen molar-refractivity contribution in [3.8, 4) is 0 Å². The van der Waals surface area contributed by atoms with E-state index in [2.05, 4.69) is 9.71 Å². The Balaban J connectivity index is 1.84. The van der Waals surface area contributed by atoms with Crippen molar-refractivity contribution in [2.45, 2.75) is 21.7 Å². The first-order valence-electron chi connectivity index (χ1n) is 7.82. The molecule has 1 N–H and O–H groups in total. The number of rotatable bonds is 6. The van der Waals surface area contributed by atoms with Crippen molar-refractivity contribution in [3.05, 3.63) is 82.5 Å². The van der Waals surface area contributed by atoms with E-state index in [4.69, 9.17) is 0 Å². The van der Waals surface area contributed by atoms with Gasteiger partial charge in [0.2, 0.25) is 0 Å². The molecule has 0 saturated heterocycles. The van der Waals surface area contributed by atoms with Crippen LogP contribution < -0.4 is 4.72 Å². The van der Waals surface area contributed by atoms with Crippen molar-refractivity contribution in [1.29, 1.82) is 0 Å². The highest BCUT2D eigenvalue weighted by atomic mass is 32.2. The lowest BCUT2D eigenvalue weighted by atomic mass is 10.2. The number of anilines is 1. The predicted molar refractivity (Wildman–Crippen MR) is 103 cm³/mol. The number of aromatic nitrogens is 1. The lowest BCUT2D eigenvalue weighted by Gasteiger charge is -2.09. The number of pyridine rings is 1. The highest BCUT2D eigenvalue weighted by molar-refractivity contribution is 7.99. The van der Waals surface area contributed by atoms with Crippen molar-refractivity contribution in [2.24, 2.45) is 0 Å². The number of aryl methyl sites for hydroxylation is 1. The Morgan fingerprint density at radius 2 is 1.81 bits per heavy atom. The minimum absolute atomic E-state index is 0.104. The lowest BCUT2D eigenvalue weighted by molar-refractivity contribution is -0.388. The zero-order chi connectivity index (χ0) is 19.4. The normalized spacial score (nSPS) is 11.1. The second-order valence-corrected chi connectivity index (χ2v) is 8.38. The van der Waals surface area contributed by atoms with Crippen molar-refractivity contribution < 1.29 is 13.3 Å². The van der Waals surface area contributed by atoms with Gasteiger partial charge in [-0.15, -0.1) is 0 Å². The van der Waals surface area contributed by atoms with Crippen LogP contribution in [0.15, 0.2) is 81.7 Å². The number of hydrogen-bond acceptors (Lipinski definition) is 6. The number of hydrogen-bond donors (Lipinski definition) is 1. The van der Waals surface area contributed by atoms with Gasteiger partial charge in [0.1, 0.15) is 0 Å². The van der Waals surface area contributed by atoms with Crippen molar-refractivity contribution in [3.63, 3.8) is 0 Å². The van der Waals surface area contributed by atoms with Crippen LogP contribution in [0.4, 0.5) is 11.4 Å². The minimum atomic E-state index is -3.72. The van der Waals surface area contributed by atoms with Gasteiger partial charge in [-0.25, -0.2) is 13.4 Å². The monoisotopic (exact) mass is 401 g/mol. The summed E-state index contributed by atoms with van der Waals surface area (Å²) in [5.74, 6) is 0. The summed E-state index contributed by atoms with van der Waals surface area (Å²) in [5, 5.41) is 11.3. The van der Waals surface area contributed by atoms with E-state index in [1.54, 1.807) is 36.4 Å². The summed E-state index contributed by atoms with van der Waals surface area (Å²) in [6.45, 7) is 1.88. The van der Waals surface area contributed by atoms with Crippen LogP contribution >= 0.6 is 11.8 Å². The number of nitrogens with one attached hydrogen (secondary N) is 1. The van der Waals surface area contributed by atoms with Gasteiger partial charge in [-0.3, -0.25) is 14.8 Å². The zero-order valence-electron chi connectivity index (χ0n) is 14.2. The Morgan fingerprint density at radius 1 is 1.07 bits per heavy atom. The maximum Gasteiger partial charge on any atom is 0.301 e. The fourth-order valence-corrected chi connectivity index (χ4v) is 4.23. The fraction of sp³-hybridized carbons (Fsp3) is 0.0556. The van der Waals surface area contributed by atoms with Crippen molar-refractivity contribution in [1.82, 2.24) is 4.98 Å². The molecule has 1 aromatic heterocycles. The van der Waals surface area contributed by atoms with Gasteiger partial charge in [-0.1, -0.05) is 35.5 Å². The van der Waals surface area contributed by atoms with Gasteiger partial charge in [0.15, 0.2) is 5.03 Å². The first-order chi connectivity index (χ1) is 12.8. The summed E-state index contributed by atoms with van der Waals surface area (Å²) in [6.07, 6.45) is 1.47. The van der Waals surface area contributed by atoms with Crippen LogP contribution in [-0.4, -0.2) is 18.3 Å². The van der Waals surface area contributed by atoms with Crippen LogP contribution in [0.1, 0.15) is 5.56 Å². The maximum absolute atomic E-state index is 12.5. The predicted octanol–water partition coefficient (Wildman–Crippen LogP) is 4.25. The first-order valence-corrected chi connectivity index (χ1v) is 10.1. The summed E-state index contributed by atoms with van der Waals surface area (Å²) in [5.41, 5.74) is 1.22. The van der Waals surface area contributed by atoms with Crippen LogP contribution in [0, 0.1) is 17.0 Å². The van der Waals surface area contributed by atoms with E-state index in [1.165, 1.54) is 30.5 Å². The molecule has 0 fully saturated rings. The number of sulfonamides is 1. The smallest absolute Gasteiger partial charge is 0.280 e. The van der Waals surface area contributed by atoms with Gasteiger partial charge in [0.25, 0.3) is 10.0 Å². The second kappa shape index (κ2) is 7.77. The van der Waals surface area contributed by atoms with Gasteiger partial charge >= 0.3 is 5.69 Å². The molecular weight excluding hydrogens is 386 g/mol. The van der Waals surface area contributed by atoms with Crippen LogP contribution in [0.3, 0.4) is 0 Å². The molecule has 2 aromatic carbocycles. The Bertz CT molecular complexity index is 1080. The van der Waals surface area contributed by atoms with Crippen molar-refractivity contribution in [2.75, 3.05) is 4.72 Å². The first kappa shape index (κ1) is 18.9. The van der Waals surface area contributed by atoms with Crippen LogP contribution in [-0.2, 0) is 10.0 Å². The van der Waals surface area contributed by atoms with Gasteiger partial charge < -0.3 is 0 Å². The maximum atomic E-state index is 12.5. The molecule has 1 heterocycles. The third kappa shape index (κ3) is 4.63.